The van der Waals surface area contributed by atoms with Crippen molar-refractivity contribution in [3.05, 3.63) is 35.9 Å². The number of piperazine rings is 1. The molecule has 4 amide bonds. The van der Waals surface area contributed by atoms with E-state index in [9.17, 15) is 24.0 Å². The second-order valence-electron chi connectivity index (χ2n) is 7.06. The quantitative estimate of drug-likeness (QED) is 0.577. The third-order valence-electron chi connectivity index (χ3n) is 4.76. The van der Waals surface area contributed by atoms with E-state index >= 15 is 0 Å². The Bertz CT molecular complexity index is 809. The van der Waals surface area contributed by atoms with Crippen LogP contribution in [0.25, 0.3) is 0 Å². The smallest absolute Gasteiger partial charge is 0.302 e. The van der Waals surface area contributed by atoms with Gasteiger partial charge in [0.15, 0.2) is 0 Å². The summed E-state index contributed by atoms with van der Waals surface area (Å²) in [5.74, 6) is -3.60. The molecule has 162 valence electrons. The molecule has 1 aliphatic heterocycles. The Morgan fingerprint density at radius 3 is 2.30 bits per heavy atom. The van der Waals surface area contributed by atoms with Crippen LogP contribution in [0, 0.1) is 5.92 Å². The molecule has 0 aromatic heterocycles. The molecule has 0 bridgehead atoms. The minimum atomic E-state index is -1.21. The summed E-state index contributed by atoms with van der Waals surface area (Å²) < 4.78 is 10.7. The van der Waals surface area contributed by atoms with Crippen LogP contribution >= 0.6 is 0 Å². The van der Waals surface area contributed by atoms with E-state index in [1.807, 2.05) is 30.3 Å². The van der Waals surface area contributed by atoms with E-state index in [1.54, 1.807) is 0 Å². The number of nitrogens with zero attached hydrogens (tertiary/aromatic N) is 2. The summed E-state index contributed by atoms with van der Waals surface area (Å²) in [5.41, 5.74) is 0.913. The normalized spacial score (nSPS) is 17.6. The third-order valence-corrected chi connectivity index (χ3v) is 4.76. The largest absolute Gasteiger partial charge is 0.466 e. The van der Waals surface area contributed by atoms with E-state index in [0.29, 0.717) is 0 Å². The fourth-order valence-electron chi connectivity index (χ4n) is 3.35. The molecule has 9 heteroatoms. The van der Waals surface area contributed by atoms with Gasteiger partial charge in [-0.05, 0) is 12.0 Å². The summed E-state index contributed by atoms with van der Waals surface area (Å²) >= 11 is 0. The van der Waals surface area contributed by atoms with Crippen LogP contribution in [0.3, 0.4) is 0 Å². The molecular weight excluding hydrogens is 392 g/mol. The van der Waals surface area contributed by atoms with Crippen LogP contribution < -0.4 is 0 Å². The van der Waals surface area contributed by atoms with Crippen molar-refractivity contribution in [2.45, 2.75) is 39.8 Å². The van der Waals surface area contributed by atoms with Crippen LogP contribution in [0.5, 0.6) is 0 Å². The summed E-state index contributed by atoms with van der Waals surface area (Å²) in [6.45, 7) is 3.42. The first kappa shape index (κ1) is 23.2. The highest BCUT2D eigenvalue weighted by Crippen LogP contribution is 2.24. The first-order chi connectivity index (χ1) is 14.2. The summed E-state index contributed by atoms with van der Waals surface area (Å²) in [6, 6.07) is 8.15. The van der Waals surface area contributed by atoms with Crippen LogP contribution in [0.4, 0.5) is 0 Å². The van der Waals surface area contributed by atoms with E-state index in [4.69, 9.17) is 9.47 Å². The van der Waals surface area contributed by atoms with Crippen LogP contribution in [-0.4, -0.2) is 65.2 Å². The van der Waals surface area contributed by atoms with Gasteiger partial charge in [0, 0.05) is 26.7 Å². The summed E-state index contributed by atoms with van der Waals surface area (Å²) in [6.07, 6.45) is 0.174. The van der Waals surface area contributed by atoms with Gasteiger partial charge < -0.3 is 9.47 Å². The lowest BCUT2D eigenvalue weighted by molar-refractivity contribution is -0.169. The number of amides is 4. The number of carbonyl (C=O) groups excluding carboxylic acids is 5. The van der Waals surface area contributed by atoms with Gasteiger partial charge in [-0.2, -0.15) is 0 Å². The number of hydrogen-bond donors (Lipinski definition) is 0. The molecule has 1 saturated heterocycles. The second-order valence-corrected chi connectivity index (χ2v) is 7.06. The number of carbonyl (C=O) groups is 5. The molecule has 30 heavy (non-hydrogen) atoms. The highest BCUT2D eigenvalue weighted by Gasteiger charge is 2.46. The number of ether oxygens (including phenoxy) is 2. The Morgan fingerprint density at radius 2 is 1.73 bits per heavy atom. The SMILES string of the molecule is CC(=O)OCCC(COCc1ccccc1)C1C(=O)N(C(C)=O)CC(=O)N1C(C)=O. The molecule has 0 aliphatic carbocycles. The molecule has 1 aromatic carbocycles. The maximum absolute atomic E-state index is 13.0. The van der Waals surface area contributed by atoms with Gasteiger partial charge in [-0.3, -0.25) is 33.8 Å². The van der Waals surface area contributed by atoms with Gasteiger partial charge in [0.2, 0.25) is 17.7 Å². The van der Waals surface area contributed by atoms with Crippen molar-refractivity contribution in [1.82, 2.24) is 9.80 Å². The van der Waals surface area contributed by atoms with Crippen molar-refractivity contribution in [3.63, 3.8) is 0 Å². The molecule has 2 unspecified atom stereocenters. The predicted octanol–water partition coefficient (Wildman–Crippen LogP) is 0.905. The molecule has 1 fully saturated rings. The molecular formula is C21H26N2O7. The Kier molecular flexibility index (Phi) is 8.23. The standard InChI is InChI=1S/C21H26N2O7/c1-14(24)22-11-19(27)23(15(2)25)20(21(22)28)18(9-10-30-16(3)26)13-29-12-17-7-5-4-6-8-17/h4-8,18,20H,9-13H2,1-3H3. The maximum atomic E-state index is 13.0. The topological polar surface area (TPSA) is 110 Å². The number of hydrogen-bond acceptors (Lipinski definition) is 7. The zero-order valence-corrected chi connectivity index (χ0v) is 17.3. The highest BCUT2D eigenvalue weighted by atomic mass is 16.5. The molecule has 9 nitrogen and oxygen atoms in total. The molecule has 2 rings (SSSR count). The third kappa shape index (κ3) is 5.96. The average molecular weight is 418 g/mol. The average Bonchev–Trinajstić information content (AvgIpc) is 2.68. The number of rotatable bonds is 8. The van der Waals surface area contributed by atoms with Crippen LogP contribution in [0.15, 0.2) is 30.3 Å². The van der Waals surface area contributed by atoms with Gasteiger partial charge in [-0.15, -0.1) is 0 Å². The van der Waals surface area contributed by atoms with Crippen molar-refractivity contribution < 1.29 is 33.4 Å². The fraction of sp³-hybridized carbons (Fsp3) is 0.476. The lowest BCUT2D eigenvalue weighted by Crippen LogP contribution is -2.64. The summed E-state index contributed by atoms with van der Waals surface area (Å²) in [7, 11) is 0. The zero-order chi connectivity index (χ0) is 22.3. The fourth-order valence-corrected chi connectivity index (χ4v) is 3.35. The monoisotopic (exact) mass is 418 g/mol. The molecule has 0 N–H and O–H groups in total. The van der Waals surface area contributed by atoms with Crippen LogP contribution in [0.1, 0.15) is 32.8 Å². The van der Waals surface area contributed by atoms with E-state index in [1.165, 1.54) is 20.8 Å². The van der Waals surface area contributed by atoms with E-state index < -0.39 is 48.1 Å². The molecule has 2 atom stereocenters. The molecule has 1 aliphatic rings. The van der Waals surface area contributed by atoms with Gasteiger partial charge in [0.1, 0.15) is 12.6 Å². The number of esters is 1. The molecule has 1 heterocycles. The van der Waals surface area contributed by atoms with Crippen LogP contribution in [0.2, 0.25) is 0 Å². The maximum Gasteiger partial charge on any atom is 0.302 e. The lowest BCUT2D eigenvalue weighted by Gasteiger charge is -2.40. The first-order valence-electron chi connectivity index (χ1n) is 9.62. The van der Waals surface area contributed by atoms with Crippen molar-refractivity contribution >= 4 is 29.6 Å². The minimum absolute atomic E-state index is 0.0154. The second kappa shape index (κ2) is 10.6. The van der Waals surface area contributed by atoms with Gasteiger partial charge >= 0.3 is 5.97 Å². The van der Waals surface area contributed by atoms with Gasteiger partial charge in [-0.25, -0.2) is 0 Å². The number of imide groups is 2. The molecule has 0 spiro atoms. The van der Waals surface area contributed by atoms with Gasteiger partial charge in [0.25, 0.3) is 5.91 Å². The van der Waals surface area contributed by atoms with E-state index in [0.717, 1.165) is 15.4 Å². The summed E-state index contributed by atoms with van der Waals surface area (Å²) in [4.78, 5) is 62.4. The Balaban J connectivity index is 2.24. The van der Waals surface area contributed by atoms with Crippen molar-refractivity contribution in [2.24, 2.45) is 5.92 Å². The Labute approximate surface area is 174 Å². The van der Waals surface area contributed by atoms with Gasteiger partial charge in [0.05, 0.1) is 19.8 Å². The van der Waals surface area contributed by atoms with Crippen molar-refractivity contribution in [3.8, 4) is 0 Å². The number of benzene rings is 1. The van der Waals surface area contributed by atoms with Crippen LogP contribution in [-0.2, 0) is 40.1 Å². The lowest BCUT2D eigenvalue weighted by atomic mass is 9.92. The van der Waals surface area contributed by atoms with E-state index in [2.05, 4.69) is 0 Å². The van der Waals surface area contributed by atoms with Crippen molar-refractivity contribution in [1.29, 1.82) is 0 Å². The van der Waals surface area contributed by atoms with Crippen molar-refractivity contribution in [2.75, 3.05) is 19.8 Å². The summed E-state index contributed by atoms with van der Waals surface area (Å²) in [5, 5.41) is 0. The van der Waals surface area contributed by atoms with E-state index in [-0.39, 0.29) is 26.2 Å². The first-order valence-corrected chi connectivity index (χ1v) is 9.62. The zero-order valence-electron chi connectivity index (χ0n) is 17.3. The van der Waals surface area contributed by atoms with Gasteiger partial charge in [-0.1, -0.05) is 30.3 Å². The molecule has 1 aromatic rings. The predicted molar refractivity (Wildman–Crippen MR) is 105 cm³/mol. The molecule has 0 saturated carbocycles. The highest BCUT2D eigenvalue weighted by molar-refractivity contribution is 6.09. The Morgan fingerprint density at radius 1 is 1.07 bits per heavy atom. The minimum Gasteiger partial charge on any atom is -0.466 e. The molecule has 0 radical (unpaired) electrons. The Hall–Kier alpha value is -3.07.